The van der Waals surface area contributed by atoms with Gasteiger partial charge in [-0.1, -0.05) is 38.3 Å². The Morgan fingerprint density at radius 1 is 0.914 bits per heavy atom. The van der Waals surface area contributed by atoms with Crippen molar-refractivity contribution in [2.24, 2.45) is 35.5 Å². The average Bonchev–Trinajstić information content (AvgIpc) is 2.86. The zero-order chi connectivity index (χ0) is 24.8. The van der Waals surface area contributed by atoms with Crippen molar-refractivity contribution >= 4 is 5.97 Å². The summed E-state index contributed by atoms with van der Waals surface area (Å²) in [6.45, 7) is 4.20. The fraction of sp³-hybridized carbons (Fsp3) is 0.710. The predicted molar refractivity (Wildman–Crippen MR) is 137 cm³/mol. The van der Waals surface area contributed by atoms with Gasteiger partial charge >= 0.3 is 5.97 Å². The number of carbonyl (C=O) groups excluding carboxylic acids is 1. The van der Waals surface area contributed by atoms with E-state index in [0.29, 0.717) is 12.8 Å². The number of ether oxygens (including phenoxy) is 1. The fourth-order valence-electron chi connectivity index (χ4n) is 7.42. The van der Waals surface area contributed by atoms with E-state index in [-0.39, 0.29) is 23.2 Å². The molecule has 4 rings (SSSR count). The van der Waals surface area contributed by atoms with Crippen LogP contribution in [0.3, 0.4) is 0 Å². The Bertz CT molecular complexity index is 848. The lowest BCUT2D eigenvalue weighted by Gasteiger charge is -2.45. The van der Waals surface area contributed by atoms with Crippen LogP contribution in [-0.4, -0.2) is 5.97 Å². The quantitative estimate of drug-likeness (QED) is 0.208. The van der Waals surface area contributed by atoms with E-state index in [9.17, 15) is 13.6 Å². The van der Waals surface area contributed by atoms with Crippen LogP contribution < -0.4 is 4.74 Å². The molecular formula is C31H44F2O2. The summed E-state index contributed by atoms with van der Waals surface area (Å²) < 4.78 is 34.3. The van der Waals surface area contributed by atoms with Crippen molar-refractivity contribution < 1.29 is 18.3 Å². The number of allylic oxidation sites excluding steroid dienone is 2. The number of fused-ring (bicyclic) bond motifs is 1. The molecule has 3 saturated carbocycles. The lowest BCUT2D eigenvalue weighted by Crippen LogP contribution is -2.35. The number of benzene rings is 1. The molecule has 0 bridgehead atoms. The molecule has 4 atom stereocenters. The predicted octanol–water partition coefficient (Wildman–Crippen LogP) is 8.82. The molecule has 3 aliphatic rings. The Balaban J connectivity index is 1.24. The number of hydrogen-bond acceptors (Lipinski definition) is 2. The minimum Gasteiger partial charge on any atom is -0.426 e. The van der Waals surface area contributed by atoms with Gasteiger partial charge in [-0.15, -0.1) is 0 Å². The van der Waals surface area contributed by atoms with Crippen LogP contribution in [0.1, 0.15) is 103 Å². The minimum absolute atomic E-state index is 0.0149. The summed E-state index contributed by atoms with van der Waals surface area (Å²) in [4.78, 5) is 12.8. The van der Waals surface area contributed by atoms with Crippen LogP contribution in [0.4, 0.5) is 8.78 Å². The fourth-order valence-corrected chi connectivity index (χ4v) is 7.42. The summed E-state index contributed by atoms with van der Waals surface area (Å²) in [5.41, 5.74) is 0.0528. The Morgan fingerprint density at radius 3 is 2.17 bits per heavy atom. The molecule has 0 N–H and O–H groups in total. The SMILES string of the molecule is C/C=C/CCc1c(F)cc(OC(=O)C2CCC(C3CCC4CC(CCC)CCC4C3)CC2)cc1F. The van der Waals surface area contributed by atoms with Crippen LogP contribution in [0, 0.1) is 47.1 Å². The van der Waals surface area contributed by atoms with Crippen LogP contribution in [0.15, 0.2) is 24.3 Å². The van der Waals surface area contributed by atoms with Crippen LogP contribution in [-0.2, 0) is 11.2 Å². The van der Waals surface area contributed by atoms with Gasteiger partial charge in [0.1, 0.15) is 17.4 Å². The standard InChI is InChI=1S/C31H44F2O2/c1-3-5-6-8-28-29(32)19-27(20-30(28)33)35-31(34)23-13-11-22(12-14-23)25-16-15-24-17-21(7-4-2)9-10-26(24)18-25/h3,5,19-26H,4,6-18H2,1-2H3/b5-3+. The molecule has 0 saturated heterocycles. The summed E-state index contributed by atoms with van der Waals surface area (Å²) >= 11 is 0. The number of esters is 1. The molecule has 0 heterocycles. The Kier molecular flexibility index (Phi) is 9.41. The summed E-state index contributed by atoms with van der Waals surface area (Å²) in [5, 5.41) is 0. The first-order valence-electron chi connectivity index (χ1n) is 14.3. The van der Waals surface area contributed by atoms with Gasteiger partial charge < -0.3 is 4.74 Å². The molecule has 194 valence electrons. The molecule has 1 aromatic rings. The third-order valence-corrected chi connectivity index (χ3v) is 9.36. The summed E-state index contributed by atoms with van der Waals surface area (Å²) in [7, 11) is 0. The Labute approximate surface area is 210 Å². The number of halogens is 2. The van der Waals surface area contributed by atoms with Crippen molar-refractivity contribution in [3.8, 4) is 5.75 Å². The van der Waals surface area contributed by atoms with E-state index in [1.54, 1.807) is 0 Å². The third-order valence-electron chi connectivity index (χ3n) is 9.36. The first-order chi connectivity index (χ1) is 17.0. The van der Waals surface area contributed by atoms with Crippen LogP contribution in [0.2, 0.25) is 0 Å². The maximum absolute atomic E-state index is 14.4. The maximum Gasteiger partial charge on any atom is 0.314 e. The van der Waals surface area contributed by atoms with Crippen molar-refractivity contribution in [2.45, 2.75) is 104 Å². The molecular weight excluding hydrogens is 442 g/mol. The Morgan fingerprint density at radius 2 is 1.51 bits per heavy atom. The first-order valence-corrected chi connectivity index (χ1v) is 14.3. The summed E-state index contributed by atoms with van der Waals surface area (Å²) in [6.07, 6.45) is 19.6. The third kappa shape index (κ3) is 6.74. The van der Waals surface area contributed by atoms with Crippen molar-refractivity contribution in [3.05, 3.63) is 41.5 Å². The Hall–Kier alpha value is -1.71. The van der Waals surface area contributed by atoms with Gasteiger partial charge in [0.05, 0.1) is 5.92 Å². The average molecular weight is 487 g/mol. The van der Waals surface area contributed by atoms with Gasteiger partial charge in [0.15, 0.2) is 0 Å². The number of hydrogen-bond donors (Lipinski definition) is 0. The zero-order valence-electron chi connectivity index (χ0n) is 21.7. The van der Waals surface area contributed by atoms with Crippen molar-refractivity contribution in [1.82, 2.24) is 0 Å². The molecule has 4 unspecified atom stereocenters. The highest BCUT2D eigenvalue weighted by Crippen LogP contribution is 2.49. The molecule has 3 fully saturated rings. The van der Waals surface area contributed by atoms with E-state index < -0.39 is 11.6 Å². The molecule has 0 aliphatic heterocycles. The second-order valence-corrected chi connectivity index (χ2v) is 11.6. The van der Waals surface area contributed by atoms with Crippen LogP contribution >= 0.6 is 0 Å². The van der Waals surface area contributed by atoms with Gasteiger partial charge in [0, 0.05) is 17.7 Å². The second kappa shape index (κ2) is 12.5. The molecule has 35 heavy (non-hydrogen) atoms. The van der Waals surface area contributed by atoms with Crippen LogP contribution in [0.5, 0.6) is 5.75 Å². The van der Waals surface area contributed by atoms with Gasteiger partial charge in [-0.05, 0) is 107 Å². The lowest BCUT2D eigenvalue weighted by molar-refractivity contribution is -0.140. The van der Waals surface area contributed by atoms with E-state index in [1.165, 1.54) is 51.4 Å². The molecule has 2 nitrogen and oxygen atoms in total. The van der Waals surface area contributed by atoms with Gasteiger partial charge in [0.25, 0.3) is 0 Å². The largest absolute Gasteiger partial charge is 0.426 e. The molecule has 4 heteroatoms. The smallest absolute Gasteiger partial charge is 0.314 e. The highest BCUT2D eigenvalue weighted by Gasteiger charge is 2.39. The van der Waals surface area contributed by atoms with Crippen molar-refractivity contribution in [2.75, 3.05) is 0 Å². The molecule has 0 spiro atoms. The monoisotopic (exact) mass is 486 g/mol. The van der Waals surface area contributed by atoms with Crippen molar-refractivity contribution in [3.63, 3.8) is 0 Å². The van der Waals surface area contributed by atoms with Gasteiger partial charge in [-0.2, -0.15) is 0 Å². The number of carbonyl (C=O) groups is 1. The molecule has 0 amide bonds. The van der Waals surface area contributed by atoms with Gasteiger partial charge in [0.2, 0.25) is 0 Å². The van der Waals surface area contributed by atoms with E-state index in [0.717, 1.165) is 67.4 Å². The highest BCUT2D eigenvalue weighted by atomic mass is 19.1. The lowest BCUT2D eigenvalue weighted by atomic mass is 9.60. The second-order valence-electron chi connectivity index (χ2n) is 11.6. The molecule has 3 aliphatic carbocycles. The van der Waals surface area contributed by atoms with Gasteiger partial charge in [-0.25, -0.2) is 8.78 Å². The van der Waals surface area contributed by atoms with E-state index in [1.807, 2.05) is 19.1 Å². The minimum atomic E-state index is -0.639. The highest BCUT2D eigenvalue weighted by molar-refractivity contribution is 5.75. The first kappa shape index (κ1) is 26.4. The van der Waals surface area contributed by atoms with E-state index in [2.05, 4.69) is 6.92 Å². The van der Waals surface area contributed by atoms with Crippen molar-refractivity contribution in [1.29, 1.82) is 0 Å². The molecule has 0 radical (unpaired) electrons. The van der Waals surface area contributed by atoms with E-state index in [4.69, 9.17) is 4.74 Å². The molecule has 1 aromatic carbocycles. The topological polar surface area (TPSA) is 26.3 Å². The van der Waals surface area contributed by atoms with Gasteiger partial charge in [-0.3, -0.25) is 4.79 Å². The van der Waals surface area contributed by atoms with E-state index >= 15 is 0 Å². The zero-order valence-corrected chi connectivity index (χ0v) is 21.7. The summed E-state index contributed by atoms with van der Waals surface area (Å²) in [5.74, 6) is 2.60. The normalized spacial score (nSPS) is 31.3. The van der Waals surface area contributed by atoms with Crippen LogP contribution in [0.25, 0.3) is 0 Å². The number of rotatable bonds is 8. The maximum atomic E-state index is 14.4. The molecule has 0 aromatic heterocycles. The summed E-state index contributed by atoms with van der Waals surface area (Å²) in [6, 6.07) is 2.32.